The molecule has 122 valence electrons. The number of carbonyl (C=O) groups excluding carboxylic acids is 1. The van der Waals surface area contributed by atoms with E-state index in [0.29, 0.717) is 24.7 Å². The van der Waals surface area contributed by atoms with Crippen molar-refractivity contribution in [3.63, 3.8) is 0 Å². The van der Waals surface area contributed by atoms with Gasteiger partial charge in [0, 0.05) is 44.3 Å². The quantitative estimate of drug-likeness (QED) is 0.843. The number of amides is 2. The molecule has 4 nitrogen and oxygen atoms in total. The molecular formula is C16H23ClFN3O. The number of hydrogen-bond acceptors (Lipinski definition) is 2. The maximum absolute atomic E-state index is 13.0. The zero-order valence-electron chi connectivity index (χ0n) is 12.9. The van der Waals surface area contributed by atoms with E-state index in [0.717, 1.165) is 38.0 Å². The Kier molecular flexibility index (Phi) is 6.46. The van der Waals surface area contributed by atoms with E-state index in [1.165, 1.54) is 12.1 Å². The van der Waals surface area contributed by atoms with Gasteiger partial charge >= 0.3 is 6.03 Å². The zero-order valence-corrected chi connectivity index (χ0v) is 13.7. The number of rotatable bonds is 5. The number of hydrogen-bond donors (Lipinski definition) is 1. The Morgan fingerprint density at radius 1 is 1.32 bits per heavy atom. The lowest BCUT2D eigenvalue weighted by atomic mass is 10.2. The molecule has 2 amide bonds. The van der Waals surface area contributed by atoms with Crippen LogP contribution in [0.2, 0.25) is 5.02 Å². The summed E-state index contributed by atoms with van der Waals surface area (Å²) < 4.78 is 13.0. The van der Waals surface area contributed by atoms with Gasteiger partial charge in [0.2, 0.25) is 0 Å². The second-order valence-corrected chi connectivity index (χ2v) is 5.99. The molecule has 6 heteroatoms. The van der Waals surface area contributed by atoms with Gasteiger partial charge in [0.15, 0.2) is 0 Å². The Morgan fingerprint density at radius 2 is 2.05 bits per heavy atom. The fourth-order valence-electron chi connectivity index (χ4n) is 2.48. The Bertz CT molecular complexity index is 504. The van der Waals surface area contributed by atoms with Gasteiger partial charge in [-0.25, -0.2) is 9.18 Å². The highest BCUT2D eigenvalue weighted by Crippen LogP contribution is 2.19. The highest BCUT2D eigenvalue weighted by atomic mass is 35.5. The van der Waals surface area contributed by atoms with Gasteiger partial charge in [-0.05, 0) is 24.1 Å². The molecule has 1 aromatic carbocycles. The summed E-state index contributed by atoms with van der Waals surface area (Å²) in [5.74, 6) is -0.317. The van der Waals surface area contributed by atoms with Crippen LogP contribution in [0.25, 0.3) is 0 Å². The lowest BCUT2D eigenvalue weighted by molar-refractivity contribution is 0.135. The number of benzene rings is 1. The summed E-state index contributed by atoms with van der Waals surface area (Å²) in [5.41, 5.74) is 0.920. The van der Waals surface area contributed by atoms with Crippen molar-refractivity contribution < 1.29 is 9.18 Å². The molecule has 1 fully saturated rings. The van der Waals surface area contributed by atoms with Crippen LogP contribution in [0.3, 0.4) is 0 Å². The first-order valence-corrected chi connectivity index (χ1v) is 8.17. The van der Waals surface area contributed by atoms with E-state index < -0.39 is 0 Å². The lowest BCUT2D eigenvalue weighted by Gasteiger charge is -2.34. The van der Waals surface area contributed by atoms with Crippen LogP contribution < -0.4 is 5.32 Å². The van der Waals surface area contributed by atoms with Crippen LogP contribution in [-0.2, 0) is 6.54 Å². The molecule has 1 aliphatic rings. The maximum atomic E-state index is 13.0. The van der Waals surface area contributed by atoms with Gasteiger partial charge in [-0.1, -0.05) is 31.0 Å². The molecule has 2 rings (SSSR count). The molecule has 0 radical (unpaired) electrons. The van der Waals surface area contributed by atoms with Gasteiger partial charge in [-0.2, -0.15) is 0 Å². The molecule has 1 aliphatic heterocycles. The number of unbranched alkanes of at least 4 members (excludes halogenated alkanes) is 1. The predicted octanol–water partition coefficient (Wildman–Crippen LogP) is 3.11. The number of urea groups is 1. The fraction of sp³-hybridized carbons (Fsp3) is 0.562. The molecular weight excluding hydrogens is 305 g/mol. The summed E-state index contributed by atoms with van der Waals surface area (Å²) >= 11 is 6.06. The van der Waals surface area contributed by atoms with Gasteiger partial charge in [-0.15, -0.1) is 0 Å². The molecule has 1 N–H and O–H groups in total. The minimum atomic E-state index is -0.317. The maximum Gasteiger partial charge on any atom is 0.317 e. The Labute approximate surface area is 136 Å². The summed E-state index contributed by atoms with van der Waals surface area (Å²) in [4.78, 5) is 16.0. The molecule has 0 unspecified atom stereocenters. The van der Waals surface area contributed by atoms with Crippen molar-refractivity contribution in [2.24, 2.45) is 0 Å². The summed E-state index contributed by atoms with van der Waals surface area (Å²) in [6.07, 6.45) is 2.08. The third kappa shape index (κ3) is 4.85. The van der Waals surface area contributed by atoms with Gasteiger partial charge in [0.1, 0.15) is 5.82 Å². The van der Waals surface area contributed by atoms with Crippen LogP contribution in [0.5, 0.6) is 0 Å². The number of nitrogens with one attached hydrogen (secondary N) is 1. The average molecular weight is 328 g/mol. The van der Waals surface area contributed by atoms with Gasteiger partial charge in [0.25, 0.3) is 0 Å². The van der Waals surface area contributed by atoms with Crippen molar-refractivity contribution in [2.75, 3.05) is 32.7 Å². The predicted molar refractivity (Wildman–Crippen MR) is 86.6 cm³/mol. The highest BCUT2D eigenvalue weighted by Gasteiger charge is 2.21. The van der Waals surface area contributed by atoms with Crippen LogP contribution >= 0.6 is 11.6 Å². The molecule has 0 bridgehead atoms. The first-order chi connectivity index (χ1) is 10.6. The van der Waals surface area contributed by atoms with Gasteiger partial charge < -0.3 is 10.2 Å². The van der Waals surface area contributed by atoms with E-state index in [-0.39, 0.29) is 11.8 Å². The van der Waals surface area contributed by atoms with Crippen molar-refractivity contribution >= 4 is 17.6 Å². The van der Waals surface area contributed by atoms with Gasteiger partial charge in [0.05, 0.1) is 0 Å². The fourth-order valence-corrected chi connectivity index (χ4v) is 2.71. The minimum Gasteiger partial charge on any atom is -0.338 e. The van der Waals surface area contributed by atoms with Crippen LogP contribution in [0.4, 0.5) is 9.18 Å². The molecule has 0 aromatic heterocycles. The van der Waals surface area contributed by atoms with Gasteiger partial charge in [-0.3, -0.25) is 4.90 Å². The number of carbonyl (C=O) groups is 1. The van der Waals surface area contributed by atoms with Crippen molar-refractivity contribution in [3.05, 3.63) is 34.6 Å². The second-order valence-electron chi connectivity index (χ2n) is 5.58. The molecule has 0 aliphatic carbocycles. The van der Waals surface area contributed by atoms with Crippen molar-refractivity contribution in [1.29, 1.82) is 0 Å². The number of halogens is 2. The van der Waals surface area contributed by atoms with Crippen molar-refractivity contribution in [1.82, 2.24) is 15.1 Å². The van der Waals surface area contributed by atoms with E-state index in [2.05, 4.69) is 17.1 Å². The SMILES string of the molecule is CCCCNC(=O)N1CCN(Cc2ccc(F)cc2Cl)CC1. The molecule has 1 aromatic rings. The Hall–Kier alpha value is -1.33. The van der Waals surface area contributed by atoms with E-state index >= 15 is 0 Å². The molecule has 22 heavy (non-hydrogen) atoms. The van der Waals surface area contributed by atoms with Crippen LogP contribution in [-0.4, -0.2) is 48.6 Å². The lowest BCUT2D eigenvalue weighted by Crippen LogP contribution is -2.51. The molecule has 0 atom stereocenters. The Balaban J connectivity index is 1.78. The third-order valence-corrected chi connectivity index (χ3v) is 4.23. The number of piperazine rings is 1. The molecule has 0 spiro atoms. The first-order valence-electron chi connectivity index (χ1n) is 7.79. The van der Waals surface area contributed by atoms with E-state index in [1.807, 2.05) is 4.90 Å². The van der Waals surface area contributed by atoms with E-state index in [1.54, 1.807) is 6.07 Å². The molecule has 1 saturated heterocycles. The first kappa shape index (κ1) is 17.0. The molecule has 0 saturated carbocycles. The summed E-state index contributed by atoms with van der Waals surface area (Å²) in [6.45, 7) is 6.54. The van der Waals surface area contributed by atoms with E-state index in [4.69, 9.17) is 11.6 Å². The molecule has 1 heterocycles. The zero-order chi connectivity index (χ0) is 15.9. The average Bonchev–Trinajstić information content (AvgIpc) is 2.51. The van der Waals surface area contributed by atoms with Crippen LogP contribution in [0, 0.1) is 5.82 Å². The second kappa shape index (κ2) is 8.34. The summed E-state index contributed by atoms with van der Waals surface area (Å²) in [7, 11) is 0. The topological polar surface area (TPSA) is 35.6 Å². The number of nitrogens with zero attached hydrogens (tertiary/aromatic N) is 2. The van der Waals surface area contributed by atoms with Crippen LogP contribution in [0.1, 0.15) is 25.3 Å². The smallest absolute Gasteiger partial charge is 0.317 e. The van der Waals surface area contributed by atoms with Crippen molar-refractivity contribution in [2.45, 2.75) is 26.3 Å². The van der Waals surface area contributed by atoms with Crippen molar-refractivity contribution in [3.8, 4) is 0 Å². The monoisotopic (exact) mass is 327 g/mol. The summed E-state index contributed by atoms with van der Waals surface area (Å²) in [6, 6.07) is 4.52. The summed E-state index contributed by atoms with van der Waals surface area (Å²) in [5, 5.41) is 3.40. The minimum absolute atomic E-state index is 0.0212. The van der Waals surface area contributed by atoms with Crippen LogP contribution in [0.15, 0.2) is 18.2 Å². The highest BCUT2D eigenvalue weighted by molar-refractivity contribution is 6.31. The normalized spacial score (nSPS) is 15.9. The Morgan fingerprint density at radius 3 is 2.68 bits per heavy atom. The standard InChI is InChI=1S/C16H23ClFN3O/c1-2-3-6-19-16(22)21-9-7-20(8-10-21)12-13-4-5-14(18)11-15(13)17/h4-5,11H,2-3,6-10,12H2,1H3,(H,19,22). The van der Waals surface area contributed by atoms with E-state index in [9.17, 15) is 9.18 Å². The largest absolute Gasteiger partial charge is 0.338 e. The third-order valence-electron chi connectivity index (χ3n) is 3.88.